The molecule has 0 rings (SSSR count). The first-order valence-electron chi connectivity index (χ1n) is 20.3. The first-order valence-corrected chi connectivity index (χ1v) is 20.3. The van der Waals surface area contributed by atoms with E-state index in [-0.39, 0.29) is 18.0 Å². The summed E-state index contributed by atoms with van der Waals surface area (Å²) < 4.78 is 17.5. The molecule has 280 valence electrons. The maximum absolute atomic E-state index is 12.9. The summed E-state index contributed by atoms with van der Waals surface area (Å²) in [5.41, 5.74) is -0.580. The Morgan fingerprint density at radius 3 is 1.66 bits per heavy atom. The monoisotopic (exact) mass is 668 g/mol. The Labute approximate surface area is 293 Å². The number of rotatable bonds is 33. The Hall–Kier alpha value is -1.30. The van der Waals surface area contributed by atoms with Crippen LogP contribution in [0.5, 0.6) is 0 Å². The third-order valence-corrected chi connectivity index (χ3v) is 10.1. The van der Waals surface area contributed by atoms with Gasteiger partial charge in [0.25, 0.3) is 0 Å². The number of hydrogen-bond donors (Lipinski definition) is 0. The van der Waals surface area contributed by atoms with Crippen LogP contribution in [0.3, 0.4) is 0 Å². The van der Waals surface area contributed by atoms with Crippen LogP contribution in [0.2, 0.25) is 0 Å². The van der Waals surface area contributed by atoms with Crippen molar-refractivity contribution in [3.05, 3.63) is 0 Å². The summed E-state index contributed by atoms with van der Waals surface area (Å²) in [6.45, 7) is 17.4. The van der Waals surface area contributed by atoms with Gasteiger partial charge in [-0.2, -0.15) is 0 Å². The van der Waals surface area contributed by atoms with Crippen LogP contribution in [0, 0.1) is 11.8 Å². The summed E-state index contributed by atoms with van der Waals surface area (Å²) in [6.07, 6.45) is 26.9. The third-order valence-electron chi connectivity index (χ3n) is 10.1. The first kappa shape index (κ1) is 45.7. The highest BCUT2D eigenvalue weighted by molar-refractivity contribution is 5.69. The lowest BCUT2D eigenvalue weighted by atomic mass is 9.92. The number of ether oxygens (including phenoxy) is 3. The van der Waals surface area contributed by atoms with Gasteiger partial charge in [-0.15, -0.1) is 0 Å². The predicted molar refractivity (Wildman–Crippen MR) is 200 cm³/mol. The zero-order chi connectivity index (χ0) is 35.2. The lowest BCUT2D eigenvalue weighted by Crippen LogP contribution is -2.41. The van der Waals surface area contributed by atoms with Crippen molar-refractivity contribution in [1.29, 1.82) is 0 Å². The van der Waals surface area contributed by atoms with Gasteiger partial charge >= 0.3 is 12.1 Å². The Morgan fingerprint density at radius 1 is 0.638 bits per heavy atom. The van der Waals surface area contributed by atoms with Gasteiger partial charge in [0.15, 0.2) is 0 Å². The second-order valence-corrected chi connectivity index (χ2v) is 15.1. The number of carbonyl (C=O) groups excluding carboxylic acids is 2. The molecule has 0 radical (unpaired) electrons. The van der Waals surface area contributed by atoms with Crippen LogP contribution in [-0.4, -0.2) is 55.5 Å². The SMILES string of the molecule is CCCCCCCCCC(CCCCCCCCOC(=O)CC(CCCC)CCCCCC)OC(=O)OC(C)(C)C(C)CN(C)CC. The van der Waals surface area contributed by atoms with Gasteiger partial charge in [-0.05, 0) is 78.3 Å². The molecule has 0 N–H and O–H groups in total. The summed E-state index contributed by atoms with van der Waals surface area (Å²) in [6, 6.07) is 0. The molecule has 0 aliphatic heterocycles. The van der Waals surface area contributed by atoms with Crippen molar-refractivity contribution in [2.45, 2.75) is 214 Å². The average Bonchev–Trinajstić information content (AvgIpc) is 3.03. The fourth-order valence-corrected chi connectivity index (χ4v) is 6.25. The van der Waals surface area contributed by atoms with Crippen LogP contribution in [0.1, 0.15) is 203 Å². The van der Waals surface area contributed by atoms with E-state index in [1.807, 2.05) is 13.8 Å². The van der Waals surface area contributed by atoms with Crippen molar-refractivity contribution < 1.29 is 23.8 Å². The lowest BCUT2D eigenvalue weighted by Gasteiger charge is -2.34. The van der Waals surface area contributed by atoms with Gasteiger partial charge < -0.3 is 19.1 Å². The van der Waals surface area contributed by atoms with E-state index < -0.39 is 11.8 Å². The smallest absolute Gasteiger partial charge is 0.466 e. The molecule has 0 aromatic carbocycles. The van der Waals surface area contributed by atoms with E-state index >= 15 is 0 Å². The van der Waals surface area contributed by atoms with E-state index in [1.54, 1.807) is 0 Å². The largest absolute Gasteiger partial charge is 0.509 e. The molecule has 3 unspecified atom stereocenters. The molecule has 0 aromatic heterocycles. The number of esters is 1. The molecule has 6 nitrogen and oxygen atoms in total. The lowest BCUT2D eigenvalue weighted by molar-refractivity contribution is -0.145. The van der Waals surface area contributed by atoms with Crippen LogP contribution < -0.4 is 0 Å². The predicted octanol–water partition coefficient (Wildman–Crippen LogP) is 12.5. The molecule has 3 atom stereocenters. The van der Waals surface area contributed by atoms with Crippen molar-refractivity contribution >= 4 is 12.1 Å². The Balaban J connectivity index is 4.46. The van der Waals surface area contributed by atoms with Crippen LogP contribution in [0.4, 0.5) is 4.79 Å². The minimum Gasteiger partial charge on any atom is -0.466 e. The topological polar surface area (TPSA) is 65.1 Å². The number of hydrogen-bond acceptors (Lipinski definition) is 6. The zero-order valence-corrected chi connectivity index (χ0v) is 32.8. The van der Waals surface area contributed by atoms with Gasteiger partial charge in [0.05, 0.1) is 6.61 Å². The van der Waals surface area contributed by atoms with E-state index in [0.717, 1.165) is 83.7 Å². The quantitative estimate of drug-likeness (QED) is 0.0512. The second kappa shape index (κ2) is 30.7. The summed E-state index contributed by atoms with van der Waals surface area (Å²) in [5.74, 6) is 0.689. The van der Waals surface area contributed by atoms with E-state index in [0.29, 0.717) is 18.9 Å². The van der Waals surface area contributed by atoms with Crippen molar-refractivity contribution in [2.24, 2.45) is 11.8 Å². The number of unbranched alkanes of at least 4 members (excludes halogenated alkanes) is 15. The minimum absolute atomic E-state index is 0.00161. The van der Waals surface area contributed by atoms with Crippen LogP contribution in [0.25, 0.3) is 0 Å². The summed E-state index contributed by atoms with van der Waals surface area (Å²) in [4.78, 5) is 27.6. The van der Waals surface area contributed by atoms with E-state index in [2.05, 4.69) is 46.6 Å². The molecule has 0 saturated heterocycles. The van der Waals surface area contributed by atoms with Crippen molar-refractivity contribution in [1.82, 2.24) is 4.90 Å². The molecule has 0 fully saturated rings. The Morgan fingerprint density at radius 2 is 1.11 bits per heavy atom. The molecule has 0 aromatic rings. The Kier molecular flexibility index (Phi) is 29.9. The van der Waals surface area contributed by atoms with Gasteiger partial charge in [-0.3, -0.25) is 4.79 Å². The molecule has 0 amide bonds. The standard InChI is InChI=1S/C41H81NO5/c1-9-13-16-18-19-22-26-31-38(46-40(44)47-41(6,7)36(5)35-42(8)12-4)32-27-23-20-21-24-28-33-45-39(43)34-37(29-15-11-3)30-25-17-14-10-2/h36-38H,9-35H2,1-8H3. The molecule has 6 heteroatoms. The van der Waals surface area contributed by atoms with Crippen LogP contribution in [-0.2, 0) is 19.0 Å². The molecular formula is C41H81NO5. The number of carbonyl (C=O) groups is 2. The van der Waals surface area contributed by atoms with Gasteiger partial charge in [0.1, 0.15) is 11.7 Å². The zero-order valence-electron chi connectivity index (χ0n) is 32.8. The minimum atomic E-state index is -0.580. The van der Waals surface area contributed by atoms with Gasteiger partial charge in [-0.1, -0.05) is 137 Å². The third kappa shape index (κ3) is 27.2. The van der Waals surface area contributed by atoms with Crippen LogP contribution in [0.15, 0.2) is 0 Å². The van der Waals surface area contributed by atoms with E-state index in [9.17, 15) is 9.59 Å². The van der Waals surface area contributed by atoms with Gasteiger partial charge in [-0.25, -0.2) is 4.79 Å². The molecule has 0 saturated carbocycles. The fraction of sp³-hybridized carbons (Fsp3) is 0.951. The highest BCUT2D eigenvalue weighted by Gasteiger charge is 2.32. The molecule has 0 aliphatic carbocycles. The molecular weight excluding hydrogens is 586 g/mol. The Bertz CT molecular complexity index is 727. The normalized spacial score (nSPS) is 13.8. The fourth-order valence-electron chi connectivity index (χ4n) is 6.25. The van der Waals surface area contributed by atoms with Gasteiger partial charge in [0.2, 0.25) is 0 Å². The first-order chi connectivity index (χ1) is 22.6. The summed E-state index contributed by atoms with van der Waals surface area (Å²) in [5, 5.41) is 0. The maximum atomic E-state index is 12.9. The maximum Gasteiger partial charge on any atom is 0.509 e. The molecule has 0 aliphatic rings. The molecule has 0 heterocycles. The van der Waals surface area contributed by atoms with Crippen molar-refractivity contribution in [3.63, 3.8) is 0 Å². The average molecular weight is 668 g/mol. The number of nitrogens with zero attached hydrogens (tertiary/aromatic N) is 1. The molecule has 47 heavy (non-hydrogen) atoms. The highest BCUT2D eigenvalue weighted by Crippen LogP contribution is 2.25. The van der Waals surface area contributed by atoms with Crippen molar-refractivity contribution in [3.8, 4) is 0 Å². The van der Waals surface area contributed by atoms with Gasteiger partial charge in [0, 0.05) is 18.9 Å². The summed E-state index contributed by atoms with van der Waals surface area (Å²) in [7, 11) is 2.10. The second-order valence-electron chi connectivity index (χ2n) is 15.1. The van der Waals surface area contributed by atoms with Crippen molar-refractivity contribution in [2.75, 3.05) is 26.7 Å². The van der Waals surface area contributed by atoms with Crippen LogP contribution >= 0.6 is 0 Å². The summed E-state index contributed by atoms with van der Waals surface area (Å²) >= 11 is 0. The van der Waals surface area contributed by atoms with E-state index in [4.69, 9.17) is 14.2 Å². The molecule has 0 bridgehead atoms. The van der Waals surface area contributed by atoms with E-state index in [1.165, 1.54) is 77.0 Å². The highest BCUT2D eigenvalue weighted by atomic mass is 16.7. The molecule has 0 spiro atoms.